The lowest BCUT2D eigenvalue weighted by Crippen LogP contribution is -2.19. The van der Waals surface area contributed by atoms with Crippen LogP contribution in [-0.2, 0) is 16.4 Å². The summed E-state index contributed by atoms with van der Waals surface area (Å²) in [7, 11) is -2.49. The first-order valence-corrected chi connectivity index (χ1v) is 9.51. The van der Waals surface area contributed by atoms with Crippen molar-refractivity contribution in [2.45, 2.75) is 31.2 Å². The number of aromatic nitrogens is 1. The number of thiazole rings is 1. The highest BCUT2D eigenvalue weighted by Gasteiger charge is 2.22. The summed E-state index contributed by atoms with van der Waals surface area (Å²) in [5, 5.41) is 15.1. The van der Waals surface area contributed by atoms with Crippen LogP contribution in [0.3, 0.4) is 0 Å². The monoisotopic (exact) mass is 370 g/mol. The van der Waals surface area contributed by atoms with E-state index in [4.69, 9.17) is 0 Å². The van der Waals surface area contributed by atoms with Gasteiger partial charge in [-0.25, -0.2) is 18.1 Å². The van der Waals surface area contributed by atoms with Gasteiger partial charge in [0, 0.05) is 17.1 Å². The number of rotatable bonds is 7. The van der Waals surface area contributed by atoms with E-state index < -0.39 is 14.9 Å². The third kappa shape index (κ3) is 3.89. The van der Waals surface area contributed by atoms with Gasteiger partial charge in [0.15, 0.2) is 0 Å². The van der Waals surface area contributed by atoms with E-state index in [9.17, 15) is 18.5 Å². The highest BCUT2D eigenvalue weighted by Crippen LogP contribution is 2.31. The molecule has 0 amide bonds. The summed E-state index contributed by atoms with van der Waals surface area (Å²) in [6.07, 6.45) is 2.66. The second-order valence-electron chi connectivity index (χ2n) is 5.03. The van der Waals surface area contributed by atoms with Crippen LogP contribution in [0.1, 0.15) is 29.8 Å². The normalized spacial score (nSPS) is 12.8. The Kier molecular flexibility index (Phi) is 5.52. The molecule has 0 aliphatic rings. The van der Waals surface area contributed by atoms with Crippen molar-refractivity contribution in [2.75, 3.05) is 12.4 Å². The molecular weight excluding hydrogens is 352 g/mol. The number of nitro groups is 1. The third-order valence-corrected chi connectivity index (χ3v) is 6.14. The molecule has 1 heterocycles. The van der Waals surface area contributed by atoms with E-state index in [-0.39, 0.29) is 22.3 Å². The average Bonchev–Trinajstić information content (AvgIpc) is 3.04. The Bertz CT molecular complexity index is 848. The molecule has 1 aromatic carbocycles. The molecular formula is C14H18N4O4S2. The minimum Gasteiger partial charge on any atom is -0.371 e. The standard InChI is InChI=1S/C14H18N4O4S2/c1-4-10-8-16-14(23-10)9(2)17-12-6-5-11(24(21,22)15-3)7-13(12)18(19)20/h5-9,15,17H,4H2,1-3H3. The maximum atomic E-state index is 11.8. The van der Waals surface area contributed by atoms with Gasteiger partial charge in [-0.05, 0) is 32.5 Å². The number of nitrogens with zero attached hydrogens (tertiary/aromatic N) is 2. The van der Waals surface area contributed by atoms with Crippen LogP contribution in [0.2, 0.25) is 0 Å². The molecule has 1 unspecified atom stereocenters. The molecule has 0 saturated heterocycles. The van der Waals surface area contributed by atoms with E-state index in [0.717, 1.165) is 22.4 Å². The zero-order chi connectivity index (χ0) is 17.9. The van der Waals surface area contributed by atoms with Crippen molar-refractivity contribution in [3.8, 4) is 0 Å². The fourth-order valence-electron chi connectivity index (χ4n) is 2.05. The lowest BCUT2D eigenvalue weighted by molar-refractivity contribution is -0.384. The maximum absolute atomic E-state index is 11.8. The SMILES string of the molecule is CCc1cnc(C(C)Nc2ccc(S(=O)(=O)NC)cc2[N+](=O)[O-])s1. The number of nitro benzene ring substituents is 1. The lowest BCUT2D eigenvalue weighted by atomic mass is 10.2. The van der Waals surface area contributed by atoms with E-state index >= 15 is 0 Å². The summed E-state index contributed by atoms with van der Waals surface area (Å²) >= 11 is 1.54. The highest BCUT2D eigenvalue weighted by atomic mass is 32.2. The molecule has 10 heteroatoms. The van der Waals surface area contributed by atoms with Gasteiger partial charge in [-0.1, -0.05) is 6.92 Å². The van der Waals surface area contributed by atoms with E-state index in [1.165, 1.54) is 30.5 Å². The molecule has 1 atom stereocenters. The molecule has 8 nitrogen and oxygen atoms in total. The first-order chi connectivity index (χ1) is 11.3. The lowest BCUT2D eigenvalue weighted by Gasteiger charge is -2.13. The van der Waals surface area contributed by atoms with Gasteiger partial charge in [0.25, 0.3) is 5.69 Å². The summed E-state index contributed by atoms with van der Waals surface area (Å²) in [5.41, 5.74) is -0.0544. The Balaban J connectivity index is 2.34. The van der Waals surface area contributed by atoms with E-state index in [2.05, 4.69) is 15.0 Å². The Morgan fingerprint density at radius 1 is 1.42 bits per heavy atom. The zero-order valence-corrected chi connectivity index (χ0v) is 15.1. The topological polar surface area (TPSA) is 114 Å². The van der Waals surface area contributed by atoms with Gasteiger partial charge in [-0.15, -0.1) is 11.3 Å². The molecule has 24 heavy (non-hydrogen) atoms. The van der Waals surface area contributed by atoms with Crippen LogP contribution < -0.4 is 10.0 Å². The molecule has 1 aromatic heterocycles. The van der Waals surface area contributed by atoms with Gasteiger partial charge < -0.3 is 5.32 Å². The Morgan fingerprint density at radius 3 is 2.67 bits per heavy atom. The van der Waals surface area contributed by atoms with Crippen molar-refractivity contribution >= 4 is 32.7 Å². The van der Waals surface area contributed by atoms with Gasteiger partial charge in [0.05, 0.1) is 15.9 Å². The van der Waals surface area contributed by atoms with E-state index in [1.54, 1.807) is 6.20 Å². The Morgan fingerprint density at radius 2 is 2.12 bits per heavy atom. The molecule has 0 aliphatic carbocycles. The number of anilines is 1. The summed E-state index contributed by atoms with van der Waals surface area (Å²) in [6, 6.07) is 3.53. The molecule has 2 N–H and O–H groups in total. The van der Waals surface area contributed by atoms with Crippen LogP contribution in [0, 0.1) is 10.1 Å². The van der Waals surface area contributed by atoms with Crippen LogP contribution in [0.25, 0.3) is 0 Å². The van der Waals surface area contributed by atoms with Gasteiger partial charge in [0.1, 0.15) is 10.7 Å². The number of benzene rings is 1. The number of nitrogens with one attached hydrogen (secondary N) is 2. The molecule has 0 radical (unpaired) electrons. The van der Waals surface area contributed by atoms with Crippen LogP contribution in [0.5, 0.6) is 0 Å². The molecule has 0 fully saturated rings. The van der Waals surface area contributed by atoms with Crippen molar-refractivity contribution < 1.29 is 13.3 Å². The van der Waals surface area contributed by atoms with Gasteiger partial charge in [-0.2, -0.15) is 0 Å². The maximum Gasteiger partial charge on any atom is 0.293 e. The first-order valence-electron chi connectivity index (χ1n) is 7.21. The van der Waals surface area contributed by atoms with Gasteiger partial charge in [0.2, 0.25) is 10.0 Å². The van der Waals surface area contributed by atoms with Gasteiger partial charge >= 0.3 is 0 Å². The largest absolute Gasteiger partial charge is 0.371 e. The minimum atomic E-state index is -3.74. The number of hydrogen-bond acceptors (Lipinski definition) is 7. The fourth-order valence-corrected chi connectivity index (χ4v) is 3.66. The van der Waals surface area contributed by atoms with Crippen molar-refractivity contribution in [3.05, 3.63) is 44.4 Å². The first kappa shape index (κ1) is 18.3. The fraction of sp³-hybridized carbons (Fsp3) is 0.357. The number of sulfonamides is 1. The molecule has 0 bridgehead atoms. The molecule has 2 rings (SSSR count). The van der Waals surface area contributed by atoms with Crippen molar-refractivity contribution in [1.29, 1.82) is 0 Å². The third-order valence-electron chi connectivity index (χ3n) is 3.41. The van der Waals surface area contributed by atoms with E-state index in [1.807, 2.05) is 13.8 Å². The predicted octanol–water partition coefficient (Wildman–Crippen LogP) is 2.69. The predicted molar refractivity (Wildman–Crippen MR) is 92.9 cm³/mol. The Hall–Kier alpha value is -2.04. The zero-order valence-electron chi connectivity index (χ0n) is 13.4. The second-order valence-corrected chi connectivity index (χ2v) is 8.06. The van der Waals surface area contributed by atoms with Crippen LogP contribution in [-0.4, -0.2) is 25.4 Å². The Labute approximate surface area is 144 Å². The molecule has 130 valence electrons. The van der Waals surface area contributed by atoms with Crippen molar-refractivity contribution in [3.63, 3.8) is 0 Å². The number of aryl methyl sites for hydroxylation is 1. The minimum absolute atomic E-state index is 0.155. The van der Waals surface area contributed by atoms with Crippen LogP contribution >= 0.6 is 11.3 Å². The summed E-state index contributed by atoms with van der Waals surface area (Å²) in [5.74, 6) is 0. The van der Waals surface area contributed by atoms with E-state index in [0.29, 0.717) is 0 Å². The molecule has 0 aliphatic heterocycles. The molecule has 0 saturated carbocycles. The van der Waals surface area contributed by atoms with Crippen molar-refractivity contribution in [2.24, 2.45) is 0 Å². The summed E-state index contributed by atoms with van der Waals surface area (Å²) in [4.78, 5) is 16.0. The summed E-state index contributed by atoms with van der Waals surface area (Å²) in [6.45, 7) is 3.88. The molecule has 0 spiro atoms. The molecule has 2 aromatic rings. The van der Waals surface area contributed by atoms with Gasteiger partial charge in [-0.3, -0.25) is 10.1 Å². The smallest absolute Gasteiger partial charge is 0.293 e. The van der Waals surface area contributed by atoms with Crippen LogP contribution in [0.4, 0.5) is 11.4 Å². The average molecular weight is 370 g/mol. The van der Waals surface area contributed by atoms with Crippen LogP contribution in [0.15, 0.2) is 29.3 Å². The second kappa shape index (κ2) is 7.24. The number of hydrogen-bond donors (Lipinski definition) is 2. The summed E-state index contributed by atoms with van der Waals surface area (Å²) < 4.78 is 25.7. The highest BCUT2D eigenvalue weighted by molar-refractivity contribution is 7.89. The van der Waals surface area contributed by atoms with Crippen molar-refractivity contribution in [1.82, 2.24) is 9.71 Å². The quantitative estimate of drug-likeness (QED) is 0.572.